The molecule has 106 valence electrons. The average Bonchev–Trinajstić information content (AvgIpc) is 3.06. The summed E-state index contributed by atoms with van der Waals surface area (Å²) in [5.41, 5.74) is 1.43. The van der Waals surface area contributed by atoms with E-state index in [1.54, 1.807) is 0 Å². The number of rotatable bonds is 1. The molecule has 1 aromatic carbocycles. The zero-order chi connectivity index (χ0) is 13.6. The molecule has 3 nitrogen and oxygen atoms in total. The Labute approximate surface area is 132 Å². The molecule has 0 amide bonds. The Morgan fingerprint density at radius 3 is 3.00 bits per heavy atom. The summed E-state index contributed by atoms with van der Waals surface area (Å²) in [6.07, 6.45) is 9.34. The second-order valence-electron chi connectivity index (χ2n) is 6.18. The molecule has 2 aromatic rings. The van der Waals surface area contributed by atoms with Crippen molar-refractivity contribution in [1.82, 2.24) is 9.78 Å². The number of benzene rings is 1. The number of fused-ring (bicyclic) bond motifs is 1. The summed E-state index contributed by atoms with van der Waals surface area (Å²) in [6, 6.07) is 7.07. The summed E-state index contributed by atoms with van der Waals surface area (Å²) in [5.74, 6) is 0. The van der Waals surface area contributed by atoms with Crippen LogP contribution in [0.5, 0.6) is 0 Å². The van der Waals surface area contributed by atoms with Gasteiger partial charge in [-0.25, -0.2) is 0 Å². The second-order valence-corrected chi connectivity index (χ2v) is 7.42. The van der Waals surface area contributed by atoms with E-state index in [0.717, 1.165) is 19.4 Å². The van der Waals surface area contributed by atoms with Gasteiger partial charge < -0.3 is 4.74 Å². The number of halogens is 1. The SMILES string of the molecule is Ic1ccc2cnn(C3CCOC4(CCCC4)C3)c2c1. The minimum Gasteiger partial charge on any atom is -0.375 e. The minimum absolute atomic E-state index is 0.156. The molecule has 0 radical (unpaired) electrons. The maximum absolute atomic E-state index is 6.15. The number of nitrogens with zero attached hydrogens (tertiary/aromatic N) is 2. The monoisotopic (exact) mass is 382 g/mol. The molecule has 1 spiro atoms. The van der Waals surface area contributed by atoms with Gasteiger partial charge in [-0.3, -0.25) is 4.68 Å². The van der Waals surface area contributed by atoms with Crippen molar-refractivity contribution >= 4 is 33.5 Å². The highest BCUT2D eigenvalue weighted by atomic mass is 127. The summed E-state index contributed by atoms with van der Waals surface area (Å²) in [7, 11) is 0. The maximum atomic E-state index is 6.15. The van der Waals surface area contributed by atoms with Gasteiger partial charge in [0.1, 0.15) is 0 Å². The quantitative estimate of drug-likeness (QED) is 0.688. The predicted octanol–water partition coefficient (Wildman–Crippen LogP) is 4.31. The molecule has 1 aliphatic heterocycles. The Morgan fingerprint density at radius 2 is 2.15 bits per heavy atom. The highest BCUT2D eigenvalue weighted by Crippen LogP contribution is 2.43. The van der Waals surface area contributed by atoms with Crippen LogP contribution in [0, 0.1) is 3.57 Å². The van der Waals surface area contributed by atoms with E-state index in [1.165, 1.54) is 40.2 Å². The Kier molecular flexibility index (Phi) is 3.26. The van der Waals surface area contributed by atoms with E-state index < -0.39 is 0 Å². The molecule has 4 rings (SSSR count). The van der Waals surface area contributed by atoms with E-state index in [1.807, 2.05) is 6.20 Å². The van der Waals surface area contributed by atoms with Crippen molar-refractivity contribution in [2.24, 2.45) is 0 Å². The first-order chi connectivity index (χ1) is 9.76. The molecule has 1 unspecified atom stereocenters. The minimum atomic E-state index is 0.156. The van der Waals surface area contributed by atoms with Gasteiger partial charge >= 0.3 is 0 Å². The molecule has 0 bridgehead atoms. The Bertz CT molecular complexity index is 630. The predicted molar refractivity (Wildman–Crippen MR) is 87.9 cm³/mol. The van der Waals surface area contributed by atoms with Crippen LogP contribution in [-0.4, -0.2) is 22.0 Å². The topological polar surface area (TPSA) is 27.1 Å². The first-order valence-corrected chi connectivity index (χ1v) is 8.60. The van der Waals surface area contributed by atoms with E-state index in [9.17, 15) is 0 Å². The molecular formula is C16H19IN2O. The van der Waals surface area contributed by atoms with Crippen molar-refractivity contribution < 1.29 is 4.74 Å². The molecule has 1 atom stereocenters. The molecule has 2 heterocycles. The van der Waals surface area contributed by atoms with Crippen LogP contribution in [0.3, 0.4) is 0 Å². The third-order valence-electron chi connectivity index (χ3n) is 4.89. The van der Waals surface area contributed by atoms with Gasteiger partial charge in [0.2, 0.25) is 0 Å². The smallest absolute Gasteiger partial charge is 0.0703 e. The van der Waals surface area contributed by atoms with Crippen molar-refractivity contribution in [3.63, 3.8) is 0 Å². The van der Waals surface area contributed by atoms with Gasteiger partial charge in [0.05, 0.1) is 23.4 Å². The summed E-state index contributed by atoms with van der Waals surface area (Å²) in [6.45, 7) is 0.885. The fourth-order valence-corrected chi connectivity index (χ4v) is 4.36. The summed E-state index contributed by atoms with van der Waals surface area (Å²) in [4.78, 5) is 0. The van der Waals surface area contributed by atoms with Gasteiger partial charge in [-0.15, -0.1) is 0 Å². The Morgan fingerprint density at radius 1 is 1.30 bits per heavy atom. The highest BCUT2D eigenvalue weighted by Gasteiger charge is 2.40. The van der Waals surface area contributed by atoms with E-state index in [4.69, 9.17) is 4.74 Å². The van der Waals surface area contributed by atoms with Gasteiger partial charge in [0, 0.05) is 15.6 Å². The van der Waals surface area contributed by atoms with Crippen molar-refractivity contribution in [3.8, 4) is 0 Å². The van der Waals surface area contributed by atoms with Crippen LogP contribution in [0.15, 0.2) is 24.4 Å². The molecule has 4 heteroatoms. The summed E-state index contributed by atoms with van der Waals surface area (Å²) >= 11 is 2.38. The third-order valence-corrected chi connectivity index (χ3v) is 5.56. The van der Waals surface area contributed by atoms with Gasteiger partial charge in [-0.2, -0.15) is 5.10 Å². The summed E-state index contributed by atoms with van der Waals surface area (Å²) < 4.78 is 9.68. The second kappa shape index (κ2) is 4.98. The normalized spacial score (nSPS) is 25.6. The molecular weight excluding hydrogens is 363 g/mol. The number of hydrogen-bond donors (Lipinski definition) is 0. The fourth-order valence-electron chi connectivity index (χ4n) is 3.88. The largest absolute Gasteiger partial charge is 0.375 e. The van der Waals surface area contributed by atoms with Gasteiger partial charge in [0.25, 0.3) is 0 Å². The van der Waals surface area contributed by atoms with Crippen molar-refractivity contribution in [2.75, 3.05) is 6.61 Å². The van der Waals surface area contributed by atoms with Crippen molar-refractivity contribution in [2.45, 2.75) is 50.2 Å². The standard InChI is InChI=1S/C16H19IN2O/c17-13-4-3-12-11-18-19(15(12)9-13)14-5-8-20-16(10-14)6-1-2-7-16/h3-4,9,11,14H,1-2,5-8,10H2. The molecule has 1 saturated heterocycles. The third kappa shape index (κ3) is 2.17. The first kappa shape index (κ1) is 13.1. The average molecular weight is 382 g/mol. The molecule has 1 aromatic heterocycles. The van der Waals surface area contributed by atoms with E-state index in [0.29, 0.717) is 6.04 Å². The lowest BCUT2D eigenvalue weighted by Gasteiger charge is -2.38. The summed E-state index contributed by atoms with van der Waals surface area (Å²) in [5, 5.41) is 5.92. The molecule has 1 aliphatic carbocycles. The molecule has 0 N–H and O–H groups in total. The lowest BCUT2D eigenvalue weighted by molar-refractivity contribution is -0.0904. The van der Waals surface area contributed by atoms with Crippen molar-refractivity contribution in [3.05, 3.63) is 28.0 Å². The molecule has 2 aliphatic rings. The number of hydrogen-bond acceptors (Lipinski definition) is 2. The Hall–Kier alpha value is -0.620. The van der Waals surface area contributed by atoms with Crippen LogP contribution in [0.4, 0.5) is 0 Å². The van der Waals surface area contributed by atoms with Crippen LogP contribution in [-0.2, 0) is 4.74 Å². The maximum Gasteiger partial charge on any atom is 0.0703 e. The van der Waals surface area contributed by atoms with Crippen molar-refractivity contribution in [1.29, 1.82) is 0 Å². The van der Waals surface area contributed by atoms with Crippen LogP contribution < -0.4 is 0 Å². The molecule has 1 saturated carbocycles. The van der Waals surface area contributed by atoms with Crippen LogP contribution in [0.1, 0.15) is 44.6 Å². The van der Waals surface area contributed by atoms with E-state index >= 15 is 0 Å². The lowest BCUT2D eigenvalue weighted by Crippen LogP contribution is -2.38. The number of ether oxygens (including phenoxy) is 1. The van der Waals surface area contributed by atoms with Crippen LogP contribution >= 0.6 is 22.6 Å². The van der Waals surface area contributed by atoms with Gasteiger partial charge in [-0.05, 0) is 60.4 Å². The lowest BCUT2D eigenvalue weighted by atomic mass is 9.89. The van der Waals surface area contributed by atoms with Crippen LogP contribution in [0.2, 0.25) is 0 Å². The van der Waals surface area contributed by atoms with E-state index in [-0.39, 0.29) is 5.60 Å². The fraction of sp³-hybridized carbons (Fsp3) is 0.562. The van der Waals surface area contributed by atoms with E-state index in [2.05, 4.69) is 50.6 Å². The molecule has 2 fully saturated rings. The van der Waals surface area contributed by atoms with Gasteiger partial charge in [-0.1, -0.05) is 18.9 Å². The first-order valence-electron chi connectivity index (χ1n) is 7.53. The van der Waals surface area contributed by atoms with Gasteiger partial charge in [0.15, 0.2) is 0 Å². The highest BCUT2D eigenvalue weighted by molar-refractivity contribution is 14.1. The Balaban J connectivity index is 1.70. The number of aromatic nitrogens is 2. The molecule has 20 heavy (non-hydrogen) atoms. The van der Waals surface area contributed by atoms with Crippen LogP contribution in [0.25, 0.3) is 10.9 Å². The zero-order valence-corrected chi connectivity index (χ0v) is 13.7. The zero-order valence-electron chi connectivity index (χ0n) is 11.5.